The number of aldehydes is 1. The maximum atomic E-state index is 12.6. The lowest BCUT2D eigenvalue weighted by atomic mass is 9.96. The second-order valence-corrected chi connectivity index (χ2v) is 6.86. The van der Waals surface area contributed by atoms with Crippen LogP contribution in [-0.2, 0) is 11.8 Å². The molecule has 1 saturated heterocycles. The molecule has 0 aliphatic carbocycles. The van der Waals surface area contributed by atoms with E-state index in [1.54, 1.807) is 13.2 Å². The minimum absolute atomic E-state index is 0.0768. The Kier molecular flexibility index (Phi) is 5.76. The van der Waals surface area contributed by atoms with E-state index in [0.717, 1.165) is 6.29 Å². The molecule has 0 saturated carbocycles. The van der Waals surface area contributed by atoms with Crippen molar-refractivity contribution in [3.63, 3.8) is 0 Å². The predicted octanol–water partition coefficient (Wildman–Crippen LogP) is 3.35. The van der Waals surface area contributed by atoms with E-state index in [9.17, 15) is 28.1 Å². The van der Waals surface area contributed by atoms with Crippen molar-refractivity contribution in [2.24, 2.45) is 13.0 Å². The van der Waals surface area contributed by atoms with Gasteiger partial charge < -0.3 is 14.4 Å². The topological polar surface area (TPSA) is 90.5 Å². The number of alkyl halides is 3. The summed E-state index contributed by atoms with van der Waals surface area (Å²) in [6, 6.07) is 2.48. The van der Waals surface area contributed by atoms with Crippen molar-refractivity contribution < 1.29 is 27.6 Å². The maximum Gasteiger partial charge on any atom is 0.422 e. The van der Waals surface area contributed by atoms with Crippen molar-refractivity contribution in [1.29, 1.82) is 0 Å². The fourth-order valence-electron chi connectivity index (χ4n) is 3.31. The summed E-state index contributed by atoms with van der Waals surface area (Å²) in [5, 5.41) is 15.5. The number of hydrogen-bond donors (Lipinski definition) is 0. The Labute approximate surface area is 164 Å². The van der Waals surface area contributed by atoms with Crippen LogP contribution in [0.5, 0.6) is 5.75 Å². The molecular weight excluding hydrogens is 393 g/mol. The molecule has 0 radical (unpaired) electrons. The van der Waals surface area contributed by atoms with E-state index in [1.165, 1.54) is 23.0 Å². The molecule has 1 aromatic carbocycles. The van der Waals surface area contributed by atoms with Crippen LogP contribution in [-0.4, -0.2) is 46.9 Å². The third kappa shape index (κ3) is 4.84. The first-order chi connectivity index (χ1) is 13.7. The van der Waals surface area contributed by atoms with Crippen molar-refractivity contribution in [2.75, 3.05) is 24.6 Å². The molecule has 0 bridgehead atoms. The van der Waals surface area contributed by atoms with Crippen LogP contribution in [0, 0.1) is 16.0 Å². The summed E-state index contributed by atoms with van der Waals surface area (Å²) in [6.07, 6.45) is 0.636. The molecular formula is C18H19F3N4O4. The average Bonchev–Trinajstić information content (AvgIpc) is 3.11. The van der Waals surface area contributed by atoms with Gasteiger partial charge in [-0.2, -0.15) is 18.3 Å². The van der Waals surface area contributed by atoms with E-state index in [4.69, 9.17) is 4.74 Å². The number of aromatic nitrogens is 2. The van der Waals surface area contributed by atoms with Gasteiger partial charge in [0.1, 0.15) is 6.29 Å². The van der Waals surface area contributed by atoms with Crippen LogP contribution in [0.2, 0.25) is 0 Å². The Morgan fingerprint density at radius 1 is 1.34 bits per heavy atom. The number of halogens is 3. The molecule has 0 unspecified atom stereocenters. The molecule has 11 heteroatoms. The normalized spacial score (nSPS) is 15.4. The summed E-state index contributed by atoms with van der Waals surface area (Å²) in [7, 11) is 1.69. The molecule has 0 atom stereocenters. The van der Waals surface area contributed by atoms with Crippen LogP contribution in [0.15, 0.2) is 24.5 Å². The number of ether oxygens (including phenoxy) is 1. The number of anilines is 1. The Balaban J connectivity index is 2.06. The highest BCUT2D eigenvalue weighted by molar-refractivity contribution is 5.82. The lowest BCUT2D eigenvalue weighted by Crippen LogP contribution is -2.34. The first kappa shape index (κ1) is 20.6. The second-order valence-electron chi connectivity index (χ2n) is 6.86. The highest BCUT2D eigenvalue weighted by atomic mass is 19.4. The molecule has 3 rings (SSSR count). The minimum Gasteiger partial charge on any atom is -0.477 e. The van der Waals surface area contributed by atoms with Crippen LogP contribution in [0.1, 0.15) is 12.8 Å². The SMILES string of the molecule is Cn1cc(-c2cc([N+](=O)[O-])c(OCC(F)(F)F)cc2N2CCC(C=O)CC2)cn1. The zero-order valence-corrected chi connectivity index (χ0v) is 15.6. The Hall–Kier alpha value is -3.11. The van der Waals surface area contributed by atoms with Crippen LogP contribution in [0.25, 0.3) is 11.1 Å². The number of nitrogens with zero attached hydrogens (tertiary/aromatic N) is 4. The van der Waals surface area contributed by atoms with Gasteiger partial charge in [0.05, 0.1) is 11.1 Å². The van der Waals surface area contributed by atoms with E-state index < -0.39 is 29.1 Å². The summed E-state index contributed by atoms with van der Waals surface area (Å²) in [4.78, 5) is 23.6. The lowest BCUT2D eigenvalue weighted by molar-refractivity contribution is -0.386. The number of nitro benzene ring substituents is 1. The third-order valence-electron chi connectivity index (χ3n) is 4.75. The van der Waals surface area contributed by atoms with Crippen LogP contribution < -0.4 is 9.64 Å². The van der Waals surface area contributed by atoms with Crippen molar-refractivity contribution in [3.05, 3.63) is 34.6 Å². The van der Waals surface area contributed by atoms with E-state index in [2.05, 4.69) is 5.10 Å². The number of benzene rings is 1. The highest BCUT2D eigenvalue weighted by Crippen LogP contribution is 2.41. The predicted molar refractivity (Wildman–Crippen MR) is 97.8 cm³/mol. The Morgan fingerprint density at radius 2 is 2.03 bits per heavy atom. The maximum absolute atomic E-state index is 12.6. The van der Waals surface area contributed by atoms with Gasteiger partial charge in [0.2, 0.25) is 0 Å². The third-order valence-corrected chi connectivity index (χ3v) is 4.75. The molecule has 29 heavy (non-hydrogen) atoms. The summed E-state index contributed by atoms with van der Waals surface area (Å²) in [6.45, 7) is -0.646. The van der Waals surface area contributed by atoms with Gasteiger partial charge >= 0.3 is 11.9 Å². The molecule has 1 fully saturated rings. The molecule has 0 N–H and O–H groups in total. The molecule has 2 heterocycles. The molecule has 1 aliphatic heterocycles. The Bertz CT molecular complexity index is 905. The van der Waals surface area contributed by atoms with E-state index in [-0.39, 0.29) is 5.92 Å². The molecule has 0 spiro atoms. The molecule has 1 aromatic heterocycles. The summed E-state index contributed by atoms with van der Waals surface area (Å²) in [5.74, 6) is -0.528. The van der Waals surface area contributed by atoms with Crippen molar-refractivity contribution in [3.8, 4) is 16.9 Å². The fraction of sp³-hybridized carbons (Fsp3) is 0.444. The number of carbonyl (C=O) groups excluding carboxylic acids is 1. The average molecular weight is 412 g/mol. The summed E-state index contributed by atoms with van der Waals surface area (Å²) in [5.41, 5.74) is 1.00. The molecule has 156 valence electrons. The summed E-state index contributed by atoms with van der Waals surface area (Å²) >= 11 is 0. The van der Waals surface area contributed by atoms with Crippen LogP contribution >= 0.6 is 0 Å². The largest absolute Gasteiger partial charge is 0.477 e. The van der Waals surface area contributed by atoms with E-state index in [1.807, 2.05) is 4.90 Å². The quantitative estimate of drug-likeness (QED) is 0.411. The van der Waals surface area contributed by atoms with Gasteiger partial charge in [-0.25, -0.2) is 0 Å². The summed E-state index contributed by atoms with van der Waals surface area (Å²) < 4.78 is 44.1. The second kappa shape index (κ2) is 8.10. The van der Waals surface area contributed by atoms with Crippen LogP contribution in [0.3, 0.4) is 0 Å². The first-order valence-corrected chi connectivity index (χ1v) is 8.89. The fourth-order valence-corrected chi connectivity index (χ4v) is 3.31. The lowest BCUT2D eigenvalue weighted by Gasteiger charge is -2.33. The van der Waals surface area contributed by atoms with Gasteiger partial charge in [-0.15, -0.1) is 0 Å². The van der Waals surface area contributed by atoms with Gasteiger partial charge in [-0.3, -0.25) is 14.8 Å². The van der Waals surface area contributed by atoms with Crippen molar-refractivity contribution in [2.45, 2.75) is 19.0 Å². The van der Waals surface area contributed by atoms with Gasteiger partial charge in [0.25, 0.3) is 0 Å². The van der Waals surface area contributed by atoms with Crippen molar-refractivity contribution in [1.82, 2.24) is 9.78 Å². The molecule has 0 amide bonds. The van der Waals surface area contributed by atoms with Crippen LogP contribution in [0.4, 0.5) is 24.5 Å². The Morgan fingerprint density at radius 3 is 2.55 bits per heavy atom. The molecule has 8 nitrogen and oxygen atoms in total. The van der Waals surface area contributed by atoms with Gasteiger partial charge in [0.15, 0.2) is 12.4 Å². The minimum atomic E-state index is -4.63. The monoisotopic (exact) mass is 412 g/mol. The molecule has 2 aromatic rings. The van der Waals surface area contributed by atoms with E-state index >= 15 is 0 Å². The number of piperidine rings is 1. The van der Waals surface area contributed by atoms with E-state index in [0.29, 0.717) is 42.7 Å². The number of nitro groups is 1. The van der Waals surface area contributed by atoms with Gasteiger partial charge in [-0.1, -0.05) is 0 Å². The van der Waals surface area contributed by atoms with Crippen molar-refractivity contribution >= 4 is 17.7 Å². The number of carbonyl (C=O) groups is 1. The first-order valence-electron chi connectivity index (χ1n) is 8.89. The zero-order valence-electron chi connectivity index (χ0n) is 15.6. The smallest absolute Gasteiger partial charge is 0.422 e. The number of rotatable bonds is 6. The zero-order chi connectivity index (χ0) is 21.2. The van der Waals surface area contributed by atoms with Gasteiger partial charge in [-0.05, 0) is 12.8 Å². The molecule has 1 aliphatic rings. The highest BCUT2D eigenvalue weighted by Gasteiger charge is 2.32. The number of hydrogen-bond acceptors (Lipinski definition) is 6. The number of aryl methyl sites for hydroxylation is 1. The van der Waals surface area contributed by atoms with Gasteiger partial charge in [0, 0.05) is 61.2 Å². The standard InChI is InChI=1S/C18H19F3N4O4/c1-23-9-13(8-22-23)14-6-16(25(27)28)17(29-11-18(19,20)21)7-15(14)24-4-2-12(10-26)3-5-24/h6-10,12H,2-5,11H2,1H3.